The van der Waals surface area contributed by atoms with E-state index >= 15 is 0 Å². The third-order valence-corrected chi connectivity index (χ3v) is 5.31. The lowest BCUT2D eigenvalue weighted by Gasteiger charge is -2.16. The van der Waals surface area contributed by atoms with Crippen LogP contribution >= 0.6 is 11.8 Å². The van der Waals surface area contributed by atoms with Crippen LogP contribution in [0.3, 0.4) is 0 Å². The summed E-state index contributed by atoms with van der Waals surface area (Å²) in [6.45, 7) is 5.19. The summed E-state index contributed by atoms with van der Waals surface area (Å²) >= 11 is 1.40. The minimum absolute atomic E-state index is 0.0434. The lowest BCUT2D eigenvalue weighted by molar-refractivity contribution is -0.145. The first kappa shape index (κ1) is 21.8. The largest absolute Gasteiger partial charge is 0.507 e. The Kier molecular flexibility index (Phi) is 7.87. The molecule has 1 atom stereocenters. The van der Waals surface area contributed by atoms with Crippen molar-refractivity contribution in [3.05, 3.63) is 47.2 Å². The van der Waals surface area contributed by atoms with Crippen molar-refractivity contribution in [2.24, 2.45) is 0 Å². The molecule has 0 aliphatic carbocycles. The maximum Gasteiger partial charge on any atom is 0.344 e. The molecule has 150 valence electrons. The van der Waals surface area contributed by atoms with Gasteiger partial charge in [0.15, 0.2) is 17.6 Å². The van der Waals surface area contributed by atoms with Crippen molar-refractivity contribution in [1.82, 2.24) is 4.98 Å². The van der Waals surface area contributed by atoms with E-state index in [9.17, 15) is 19.8 Å². The Morgan fingerprint density at radius 2 is 2.00 bits per heavy atom. The molecular weight excluding hydrogens is 378 g/mol. The number of Topliss-reactive ketones (excluding diaryl/α,β-unsaturated/α-hetero) is 1. The molecule has 28 heavy (non-hydrogen) atoms. The van der Waals surface area contributed by atoms with Crippen LogP contribution in [0.25, 0.3) is 0 Å². The number of carboxylic acid groups (broad SMARTS) is 1. The zero-order chi connectivity index (χ0) is 20.7. The van der Waals surface area contributed by atoms with E-state index in [1.54, 1.807) is 31.3 Å². The van der Waals surface area contributed by atoms with Gasteiger partial charge in [-0.15, -0.1) is 0 Å². The van der Waals surface area contributed by atoms with E-state index < -0.39 is 12.1 Å². The van der Waals surface area contributed by atoms with Crippen LogP contribution in [0.2, 0.25) is 0 Å². The lowest BCUT2D eigenvalue weighted by Crippen LogP contribution is -2.26. The van der Waals surface area contributed by atoms with Gasteiger partial charge in [0.2, 0.25) is 0 Å². The Hall–Kier alpha value is -2.54. The summed E-state index contributed by atoms with van der Waals surface area (Å²) in [7, 11) is 0. The first-order valence-electron chi connectivity index (χ1n) is 9.20. The number of benzene rings is 1. The Labute approximate surface area is 169 Å². The van der Waals surface area contributed by atoms with Gasteiger partial charge in [0.1, 0.15) is 10.8 Å². The van der Waals surface area contributed by atoms with E-state index in [1.165, 1.54) is 18.7 Å². The molecule has 0 fully saturated rings. The van der Waals surface area contributed by atoms with Gasteiger partial charge in [0.05, 0.1) is 5.56 Å². The zero-order valence-corrected chi connectivity index (χ0v) is 17.1. The normalized spacial score (nSPS) is 11.8. The van der Waals surface area contributed by atoms with Crippen molar-refractivity contribution in [2.75, 3.05) is 0 Å². The number of hydrogen-bond donors (Lipinski definition) is 2. The molecule has 0 radical (unpaired) electrons. The molecule has 0 saturated heterocycles. The predicted octanol–water partition coefficient (Wildman–Crippen LogP) is 4.48. The number of carbonyl (C=O) groups is 2. The highest BCUT2D eigenvalue weighted by Gasteiger charge is 2.20. The smallest absolute Gasteiger partial charge is 0.344 e. The van der Waals surface area contributed by atoms with Gasteiger partial charge in [0.25, 0.3) is 0 Å². The van der Waals surface area contributed by atoms with Gasteiger partial charge in [-0.2, -0.15) is 0 Å². The standard InChI is InChI=1S/C21H25NO5S/c1-4-7-16-14(9-10-15(13(3)23)19(16)24)12-28-20-18(8-6-11-22-20)27-17(5-2)21(25)26/h6,8-11,17,24H,4-5,7,12H2,1-3H3,(H,25,26). The van der Waals surface area contributed by atoms with Crippen molar-refractivity contribution in [3.63, 3.8) is 0 Å². The summed E-state index contributed by atoms with van der Waals surface area (Å²) in [5.41, 5.74) is 2.00. The number of carboxylic acids is 1. The average Bonchev–Trinajstić information content (AvgIpc) is 2.66. The Bertz CT molecular complexity index is 853. The third-order valence-electron chi connectivity index (χ3n) is 4.28. The summed E-state index contributed by atoms with van der Waals surface area (Å²) in [6, 6.07) is 6.89. The molecule has 2 N–H and O–H groups in total. The number of thioether (sulfide) groups is 1. The minimum atomic E-state index is -1.02. The molecule has 0 amide bonds. The number of hydrogen-bond acceptors (Lipinski definition) is 6. The van der Waals surface area contributed by atoms with Crippen LogP contribution in [0, 0.1) is 0 Å². The Morgan fingerprint density at radius 1 is 1.25 bits per heavy atom. The second kappa shape index (κ2) is 10.1. The quantitative estimate of drug-likeness (QED) is 0.446. The first-order chi connectivity index (χ1) is 13.4. The van der Waals surface area contributed by atoms with Crippen LogP contribution in [0.1, 0.15) is 55.1 Å². The summed E-state index contributed by atoms with van der Waals surface area (Å²) in [6.07, 6.45) is 2.53. The second-order valence-corrected chi connectivity index (χ2v) is 7.32. The monoisotopic (exact) mass is 403 g/mol. The third kappa shape index (κ3) is 5.25. The molecule has 1 heterocycles. The number of ether oxygens (including phenoxy) is 1. The van der Waals surface area contributed by atoms with Crippen molar-refractivity contribution in [2.45, 2.75) is 56.9 Å². The molecule has 0 spiro atoms. The van der Waals surface area contributed by atoms with E-state index in [-0.39, 0.29) is 11.5 Å². The van der Waals surface area contributed by atoms with Crippen LogP contribution < -0.4 is 4.74 Å². The van der Waals surface area contributed by atoms with Gasteiger partial charge in [-0.25, -0.2) is 9.78 Å². The molecular formula is C21H25NO5S. The predicted molar refractivity (Wildman–Crippen MR) is 108 cm³/mol. The summed E-state index contributed by atoms with van der Waals surface area (Å²) in [4.78, 5) is 27.3. The average molecular weight is 404 g/mol. The molecule has 1 unspecified atom stereocenters. The van der Waals surface area contributed by atoms with Crippen molar-refractivity contribution >= 4 is 23.5 Å². The number of carbonyl (C=O) groups excluding carboxylic acids is 1. The van der Waals surface area contributed by atoms with Gasteiger partial charge in [-0.3, -0.25) is 4.79 Å². The number of phenolic OH excluding ortho intramolecular Hbond substituents is 1. The Morgan fingerprint density at radius 3 is 2.61 bits per heavy atom. The number of aliphatic carboxylic acids is 1. The highest BCUT2D eigenvalue weighted by Crippen LogP contribution is 2.35. The molecule has 0 aliphatic rings. The number of phenols is 1. The maximum atomic E-state index is 11.7. The van der Waals surface area contributed by atoms with Crippen LogP contribution in [0.15, 0.2) is 35.5 Å². The molecule has 1 aromatic carbocycles. The maximum absolute atomic E-state index is 11.7. The fraction of sp³-hybridized carbons (Fsp3) is 0.381. The molecule has 0 aliphatic heterocycles. The zero-order valence-electron chi connectivity index (χ0n) is 16.3. The van der Waals surface area contributed by atoms with Crippen LogP contribution in [-0.4, -0.2) is 33.1 Å². The number of nitrogens with zero attached hydrogens (tertiary/aromatic N) is 1. The van der Waals surface area contributed by atoms with E-state index in [1.807, 2.05) is 13.0 Å². The van der Waals surface area contributed by atoms with Crippen molar-refractivity contribution in [3.8, 4) is 11.5 Å². The van der Waals surface area contributed by atoms with Gasteiger partial charge >= 0.3 is 5.97 Å². The van der Waals surface area contributed by atoms with E-state index in [4.69, 9.17) is 4.74 Å². The van der Waals surface area contributed by atoms with Crippen molar-refractivity contribution < 1.29 is 24.5 Å². The number of aromatic nitrogens is 1. The molecule has 1 aromatic heterocycles. The van der Waals surface area contributed by atoms with Gasteiger partial charge < -0.3 is 14.9 Å². The lowest BCUT2D eigenvalue weighted by atomic mass is 9.98. The topological polar surface area (TPSA) is 96.7 Å². The van der Waals surface area contributed by atoms with Crippen LogP contribution in [0.4, 0.5) is 0 Å². The molecule has 6 nitrogen and oxygen atoms in total. The number of aromatic hydroxyl groups is 1. The first-order valence-corrected chi connectivity index (χ1v) is 10.2. The van der Waals surface area contributed by atoms with Crippen molar-refractivity contribution in [1.29, 1.82) is 0 Å². The summed E-state index contributed by atoms with van der Waals surface area (Å²) < 4.78 is 5.62. The number of ketones is 1. The number of rotatable bonds is 10. The van der Waals surface area contributed by atoms with E-state index in [0.29, 0.717) is 34.9 Å². The fourth-order valence-electron chi connectivity index (χ4n) is 2.81. The van der Waals surface area contributed by atoms with Gasteiger partial charge in [0, 0.05) is 11.9 Å². The van der Waals surface area contributed by atoms with Crippen LogP contribution in [0.5, 0.6) is 11.5 Å². The molecule has 0 bridgehead atoms. The fourth-order valence-corrected chi connectivity index (χ4v) is 3.76. The van der Waals surface area contributed by atoms with Crippen LogP contribution in [-0.2, 0) is 17.0 Å². The molecule has 7 heteroatoms. The highest BCUT2D eigenvalue weighted by molar-refractivity contribution is 7.98. The minimum Gasteiger partial charge on any atom is -0.507 e. The van der Waals surface area contributed by atoms with E-state index in [2.05, 4.69) is 4.98 Å². The van der Waals surface area contributed by atoms with Gasteiger partial charge in [-0.05, 0) is 49.1 Å². The summed E-state index contributed by atoms with van der Waals surface area (Å²) in [5.74, 6) is -0.213. The Balaban J connectivity index is 2.26. The number of pyridine rings is 1. The molecule has 2 rings (SSSR count). The molecule has 2 aromatic rings. The van der Waals surface area contributed by atoms with E-state index in [0.717, 1.165) is 17.5 Å². The summed E-state index contributed by atoms with van der Waals surface area (Å²) in [5, 5.41) is 20.3. The second-order valence-electron chi connectivity index (χ2n) is 6.35. The van der Waals surface area contributed by atoms with Gasteiger partial charge in [-0.1, -0.05) is 38.1 Å². The molecule has 0 saturated carbocycles. The SMILES string of the molecule is CCCc1c(CSc2ncccc2OC(CC)C(=O)O)ccc(C(C)=O)c1O. The highest BCUT2D eigenvalue weighted by atomic mass is 32.2.